The minimum Gasteiger partial charge on any atom is -0.497 e. The quantitative estimate of drug-likeness (QED) is 0.398. The lowest BCUT2D eigenvalue weighted by molar-refractivity contribution is 0.0638. The number of carbonyl (C=O) groups is 2. The zero-order chi connectivity index (χ0) is 23.5. The van der Waals surface area contributed by atoms with E-state index in [1.165, 1.54) is 0 Å². The number of para-hydroxylation sites is 1. The summed E-state index contributed by atoms with van der Waals surface area (Å²) in [6.07, 6.45) is 4.98. The van der Waals surface area contributed by atoms with Crippen molar-refractivity contribution in [3.63, 3.8) is 0 Å². The van der Waals surface area contributed by atoms with Crippen molar-refractivity contribution in [2.24, 2.45) is 5.92 Å². The average molecular weight is 452 g/mol. The minimum atomic E-state index is -0.238. The van der Waals surface area contributed by atoms with E-state index < -0.39 is 0 Å². The molecule has 1 aliphatic heterocycles. The summed E-state index contributed by atoms with van der Waals surface area (Å²) in [6, 6.07) is 20.5. The van der Waals surface area contributed by atoms with Gasteiger partial charge in [0.15, 0.2) is 5.78 Å². The number of likely N-dealkylation sites (tertiary alicyclic amines) is 1. The number of pyridine rings is 2. The highest BCUT2D eigenvalue weighted by Crippen LogP contribution is 2.28. The summed E-state index contributed by atoms with van der Waals surface area (Å²) in [5.41, 5.74) is 3.62. The Balaban J connectivity index is 1.46. The van der Waals surface area contributed by atoms with Crippen LogP contribution < -0.4 is 4.74 Å². The van der Waals surface area contributed by atoms with Gasteiger partial charge in [-0.05, 0) is 49.2 Å². The standard InChI is InChI=1S/C28H25N3O3/c1-34-22-8-4-6-20(16-22)27(32)21-7-5-15-31(18-21)28(33)24-17-26(19-11-13-29-14-12-19)30-25-10-3-2-9-23(24)25/h2-4,6,8-14,16-17,21H,5,7,15,18H2,1H3. The van der Waals surface area contributed by atoms with E-state index in [0.29, 0.717) is 30.0 Å². The third-order valence-electron chi connectivity index (χ3n) is 6.36. The SMILES string of the molecule is COc1cccc(C(=O)C2CCCN(C(=O)c3cc(-c4ccncc4)nc4ccccc34)C2)c1. The molecule has 4 aromatic rings. The van der Waals surface area contributed by atoms with Gasteiger partial charge in [-0.2, -0.15) is 0 Å². The maximum atomic E-state index is 13.8. The zero-order valence-corrected chi connectivity index (χ0v) is 19.0. The number of carbonyl (C=O) groups excluding carboxylic acids is 2. The van der Waals surface area contributed by atoms with Gasteiger partial charge in [-0.25, -0.2) is 4.98 Å². The molecule has 34 heavy (non-hydrogen) atoms. The molecule has 0 bridgehead atoms. The van der Waals surface area contributed by atoms with Gasteiger partial charge in [0.05, 0.1) is 23.9 Å². The highest BCUT2D eigenvalue weighted by Gasteiger charge is 2.30. The normalized spacial score (nSPS) is 15.8. The number of fused-ring (bicyclic) bond motifs is 1. The number of ether oxygens (including phenoxy) is 1. The number of aromatic nitrogens is 2. The topological polar surface area (TPSA) is 72.4 Å². The third kappa shape index (κ3) is 4.27. The lowest BCUT2D eigenvalue weighted by Gasteiger charge is -2.32. The van der Waals surface area contributed by atoms with Crippen LogP contribution in [0.25, 0.3) is 22.2 Å². The summed E-state index contributed by atoms with van der Waals surface area (Å²) in [5.74, 6) is 0.393. The number of hydrogen-bond donors (Lipinski definition) is 0. The van der Waals surface area contributed by atoms with E-state index in [-0.39, 0.29) is 17.6 Å². The van der Waals surface area contributed by atoms with Crippen molar-refractivity contribution in [2.45, 2.75) is 12.8 Å². The van der Waals surface area contributed by atoms with Crippen LogP contribution in [0.1, 0.15) is 33.6 Å². The summed E-state index contributed by atoms with van der Waals surface area (Å²) in [5, 5.41) is 0.812. The molecule has 0 saturated carbocycles. The Morgan fingerprint density at radius 2 is 1.82 bits per heavy atom. The van der Waals surface area contributed by atoms with Gasteiger partial charge in [-0.15, -0.1) is 0 Å². The lowest BCUT2D eigenvalue weighted by Crippen LogP contribution is -2.42. The van der Waals surface area contributed by atoms with Gasteiger partial charge in [0.25, 0.3) is 5.91 Å². The van der Waals surface area contributed by atoms with Crippen LogP contribution in [0.4, 0.5) is 0 Å². The Bertz CT molecular complexity index is 1350. The van der Waals surface area contributed by atoms with Gasteiger partial charge in [-0.1, -0.05) is 30.3 Å². The molecule has 1 atom stereocenters. The number of methoxy groups -OCH3 is 1. The molecule has 0 N–H and O–H groups in total. The van der Waals surface area contributed by atoms with Crippen molar-refractivity contribution in [1.82, 2.24) is 14.9 Å². The first-order valence-corrected chi connectivity index (χ1v) is 11.4. The molecule has 1 aliphatic rings. The number of benzene rings is 2. The van der Waals surface area contributed by atoms with E-state index in [4.69, 9.17) is 9.72 Å². The van der Waals surface area contributed by atoms with E-state index in [9.17, 15) is 9.59 Å². The first kappa shape index (κ1) is 21.8. The van der Waals surface area contributed by atoms with Gasteiger partial charge in [0.1, 0.15) is 5.75 Å². The molecule has 0 radical (unpaired) electrons. The molecular weight excluding hydrogens is 426 g/mol. The highest BCUT2D eigenvalue weighted by atomic mass is 16.5. The predicted octanol–water partition coefficient (Wildman–Crippen LogP) is 5.04. The van der Waals surface area contributed by atoms with Gasteiger partial charge < -0.3 is 9.64 Å². The first-order valence-electron chi connectivity index (χ1n) is 11.4. The van der Waals surface area contributed by atoms with Gasteiger partial charge in [-0.3, -0.25) is 14.6 Å². The Kier molecular flexibility index (Phi) is 6.04. The molecule has 1 fully saturated rings. The minimum absolute atomic E-state index is 0.0495. The van der Waals surface area contributed by atoms with Crippen molar-refractivity contribution < 1.29 is 14.3 Å². The number of ketones is 1. The number of amides is 1. The number of piperidine rings is 1. The van der Waals surface area contributed by atoms with E-state index in [0.717, 1.165) is 35.0 Å². The summed E-state index contributed by atoms with van der Waals surface area (Å²) in [4.78, 5) is 37.6. The Morgan fingerprint density at radius 3 is 2.65 bits per heavy atom. The monoisotopic (exact) mass is 451 g/mol. The molecule has 1 saturated heterocycles. The maximum absolute atomic E-state index is 13.8. The van der Waals surface area contributed by atoms with Gasteiger partial charge in [0.2, 0.25) is 0 Å². The van der Waals surface area contributed by atoms with Crippen LogP contribution in [0.5, 0.6) is 5.75 Å². The van der Waals surface area contributed by atoms with Gasteiger partial charge >= 0.3 is 0 Å². The molecule has 170 valence electrons. The van der Waals surface area contributed by atoms with E-state index in [1.54, 1.807) is 25.6 Å². The van der Waals surface area contributed by atoms with Crippen LogP contribution in [-0.4, -0.2) is 46.8 Å². The molecule has 0 spiro atoms. The molecule has 0 aliphatic carbocycles. The maximum Gasteiger partial charge on any atom is 0.254 e. The largest absolute Gasteiger partial charge is 0.497 e. The molecular formula is C28H25N3O3. The van der Waals surface area contributed by atoms with Crippen molar-refractivity contribution >= 4 is 22.6 Å². The molecule has 2 aromatic heterocycles. The molecule has 1 unspecified atom stereocenters. The number of hydrogen-bond acceptors (Lipinski definition) is 5. The Hall–Kier alpha value is -4.06. The zero-order valence-electron chi connectivity index (χ0n) is 19.0. The first-order chi connectivity index (χ1) is 16.6. The Labute approximate surface area is 198 Å². The van der Waals surface area contributed by atoms with E-state index >= 15 is 0 Å². The predicted molar refractivity (Wildman–Crippen MR) is 131 cm³/mol. The number of Topliss-reactive ketones (excluding diaryl/α,β-unsaturated/α-hetero) is 1. The van der Waals surface area contributed by atoms with Crippen molar-refractivity contribution in [1.29, 1.82) is 0 Å². The fourth-order valence-corrected chi connectivity index (χ4v) is 4.58. The van der Waals surface area contributed by atoms with Crippen LogP contribution in [0.3, 0.4) is 0 Å². The fraction of sp³-hybridized carbons (Fsp3) is 0.214. The summed E-state index contributed by atoms with van der Waals surface area (Å²) < 4.78 is 5.27. The second-order valence-electron chi connectivity index (χ2n) is 8.49. The van der Waals surface area contributed by atoms with Gasteiger partial charge in [0, 0.05) is 47.9 Å². The smallest absolute Gasteiger partial charge is 0.254 e. The number of nitrogens with zero attached hydrogens (tertiary/aromatic N) is 3. The van der Waals surface area contributed by atoms with Crippen LogP contribution in [0.15, 0.2) is 79.1 Å². The van der Waals surface area contributed by atoms with E-state index in [1.807, 2.05) is 65.6 Å². The summed E-state index contributed by atoms with van der Waals surface area (Å²) in [7, 11) is 1.59. The second kappa shape index (κ2) is 9.43. The Morgan fingerprint density at radius 1 is 1.00 bits per heavy atom. The molecule has 6 heteroatoms. The van der Waals surface area contributed by atoms with Crippen molar-refractivity contribution in [3.8, 4) is 17.0 Å². The third-order valence-corrected chi connectivity index (χ3v) is 6.36. The van der Waals surface area contributed by atoms with E-state index in [2.05, 4.69) is 4.98 Å². The molecule has 2 aromatic carbocycles. The van der Waals surface area contributed by atoms with Crippen molar-refractivity contribution in [2.75, 3.05) is 20.2 Å². The average Bonchev–Trinajstić information content (AvgIpc) is 2.92. The van der Waals surface area contributed by atoms with Crippen LogP contribution >= 0.6 is 0 Å². The van der Waals surface area contributed by atoms with Crippen LogP contribution in [0, 0.1) is 5.92 Å². The lowest BCUT2D eigenvalue weighted by atomic mass is 9.89. The molecule has 1 amide bonds. The van der Waals surface area contributed by atoms with Crippen LogP contribution in [-0.2, 0) is 0 Å². The fourth-order valence-electron chi connectivity index (χ4n) is 4.58. The molecule has 6 nitrogen and oxygen atoms in total. The molecule has 5 rings (SSSR count). The number of rotatable bonds is 5. The summed E-state index contributed by atoms with van der Waals surface area (Å²) >= 11 is 0. The second-order valence-corrected chi connectivity index (χ2v) is 8.49. The van der Waals surface area contributed by atoms with Crippen molar-refractivity contribution in [3.05, 3.63) is 90.3 Å². The highest BCUT2D eigenvalue weighted by molar-refractivity contribution is 6.07. The molecule has 3 heterocycles. The van der Waals surface area contributed by atoms with Crippen LogP contribution in [0.2, 0.25) is 0 Å². The summed E-state index contributed by atoms with van der Waals surface area (Å²) in [6.45, 7) is 1.03.